The topological polar surface area (TPSA) is 90.7 Å². The van der Waals surface area contributed by atoms with Crippen molar-refractivity contribution in [2.24, 2.45) is 5.73 Å². The maximum atomic E-state index is 12.1. The third kappa shape index (κ3) is 4.69. The van der Waals surface area contributed by atoms with Gasteiger partial charge in [-0.1, -0.05) is 11.6 Å². The van der Waals surface area contributed by atoms with Gasteiger partial charge in [0.2, 0.25) is 10.0 Å². The smallest absolute Gasteiger partial charge is 0.240 e. The van der Waals surface area contributed by atoms with Crippen LogP contribution in [0.15, 0.2) is 23.1 Å². The molecule has 114 valence electrons. The Balaban J connectivity index is 2.83. The second kappa shape index (κ2) is 7.92. The summed E-state index contributed by atoms with van der Waals surface area (Å²) in [5.74, 6) is 0. The van der Waals surface area contributed by atoms with Gasteiger partial charge >= 0.3 is 0 Å². The summed E-state index contributed by atoms with van der Waals surface area (Å²) in [6.07, 6.45) is -0.351. The van der Waals surface area contributed by atoms with Crippen LogP contribution in [0.4, 0.5) is 0 Å². The van der Waals surface area contributed by atoms with Crippen molar-refractivity contribution in [1.82, 2.24) is 4.72 Å². The summed E-state index contributed by atoms with van der Waals surface area (Å²) in [5, 5.41) is 0.445. The Bertz CT molecular complexity index is 536. The van der Waals surface area contributed by atoms with Crippen LogP contribution in [0.25, 0.3) is 0 Å². The van der Waals surface area contributed by atoms with Crippen LogP contribution in [0.3, 0.4) is 0 Å². The Morgan fingerprint density at radius 3 is 2.65 bits per heavy atom. The number of rotatable bonds is 8. The zero-order chi connectivity index (χ0) is 15.2. The van der Waals surface area contributed by atoms with Crippen molar-refractivity contribution in [3.8, 4) is 0 Å². The molecule has 0 amide bonds. The summed E-state index contributed by atoms with van der Waals surface area (Å²) < 4.78 is 36.8. The quantitative estimate of drug-likeness (QED) is 0.736. The highest BCUT2D eigenvalue weighted by molar-refractivity contribution is 7.89. The lowest BCUT2D eigenvalue weighted by Gasteiger charge is -2.15. The van der Waals surface area contributed by atoms with Gasteiger partial charge in [0.15, 0.2) is 0 Å². The summed E-state index contributed by atoms with van der Waals surface area (Å²) in [4.78, 5) is 0.120. The van der Waals surface area contributed by atoms with Crippen LogP contribution in [0.1, 0.15) is 5.56 Å². The van der Waals surface area contributed by atoms with Crippen LogP contribution in [-0.2, 0) is 26.0 Å². The molecule has 0 aromatic heterocycles. The Morgan fingerprint density at radius 1 is 1.40 bits per heavy atom. The lowest BCUT2D eigenvalue weighted by molar-refractivity contribution is 0.0320. The number of nitrogens with one attached hydrogen (secondary N) is 1. The lowest BCUT2D eigenvalue weighted by atomic mass is 10.2. The van der Waals surface area contributed by atoms with Gasteiger partial charge < -0.3 is 15.2 Å². The Morgan fingerprint density at radius 2 is 2.10 bits per heavy atom. The molecule has 0 radical (unpaired) electrons. The normalized spacial score (nSPS) is 13.4. The van der Waals surface area contributed by atoms with E-state index in [-0.39, 0.29) is 24.1 Å². The van der Waals surface area contributed by atoms with Gasteiger partial charge in [0.1, 0.15) is 0 Å². The van der Waals surface area contributed by atoms with Crippen LogP contribution >= 0.6 is 11.6 Å². The monoisotopic (exact) mass is 322 g/mol. The van der Waals surface area contributed by atoms with Crippen molar-refractivity contribution in [2.45, 2.75) is 17.5 Å². The Labute approximate surface area is 124 Å². The molecule has 0 aliphatic carbocycles. The molecule has 6 nitrogen and oxygen atoms in total. The fourth-order valence-electron chi connectivity index (χ4n) is 1.56. The molecular weight excluding hydrogens is 304 g/mol. The minimum absolute atomic E-state index is 0.118. The molecule has 0 saturated carbocycles. The number of sulfonamides is 1. The van der Waals surface area contributed by atoms with Gasteiger partial charge in [0, 0.05) is 32.3 Å². The Hall–Kier alpha value is -0.700. The first-order chi connectivity index (χ1) is 9.44. The number of halogens is 1. The largest absolute Gasteiger partial charge is 0.382 e. The van der Waals surface area contributed by atoms with Gasteiger partial charge in [-0.2, -0.15) is 0 Å². The van der Waals surface area contributed by atoms with Gasteiger partial charge in [-0.3, -0.25) is 0 Å². The summed E-state index contributed by atoms with van der Waals surface area (Å²) in [5.41, 5.74) is 6.09. The molecule has 0 fully saturated rings. The van der Waals surface area contributed by atoms with Gasteiger partial charge in [-0.15, -0.1) is 0 Å². The number of nitrogens with two attached hydrogens (primary N) is 1. The molecule has 0 bridgehead atoms. The summed E-state index contributed by atoms with van der Waals surface area (Å²) in [7, 11) is -0.619. The molecular formula is C12H19ClN2O4S. The fourth-order valence-corrected chi connectivity index (χ4v) is 2.87. The molecule has 1 aromatic carbocycles. The van der Waals surface area contributed by atoms with Crippen LogP contribution in [0.5, 0.6) is 0 Å². The van der Waals surface area contributed by atoms with Crippen molar-refractivity contribution in [1.29, 1.82) is 0 Å². The summed E-state index contributed by atoms with van der Waals surface area (Å²) >= 11 is 5.91. The Kier molecular flexibility index (Phi) is 6.87. The first-order valence-corrected chi connectivity index (χ1v) is 7.80. The van der Waals surface area contributed by atoms with Crippen LogP contribution in [0.2, 0.25) is 5.02 Å². The van der Waals surface area contributed by atoms with E-state index >= 15 is 0 Å². The number of hydrogen-bond acceptors (Lipinski definition) is 5. The second-order valence-electron chi connectivity index (χ2n) is 4.12. The lowest BCUT2D eigenvalue weighted by Crippen LogP contribution is -2.35. The van der Waals surface area contributed by atoms with Crippen LogP contribution in [-0.4, -0.2) is 41.9 Å². The van der Waals surface area contributed by atoms with Gasteiger partial charge in [0.25, 0.3) is 0 Å². The number of hydrogen-bond donors (Lipinski definition) is 2. The van der Waals surface area contributed by atoms with Crippen molar-refractivity contribution >= 4 is 21.6 Å². The molecule has 20 heavy (non-hydrogen) atoms. The fraction of sp³-hybridized carbons (Fsp3) is 0.500. The molecule has 0 aliphatic rings. The predicted molar refractivity (Wildman–Crippen MR) is 77.2 cm³/mol. The maximum absolute atomic E-state index is 12.1. The average Bonchev–Trinajstić information content (AvgIpc) is 2.43. The molecule has 3 N–H and O–H groups in total. The van der Waals surface area contributed by atoms with Gasteiger partial charge in [0.05, 0.1) is 17.6 Å². The number of methoxy groups -OCH3 is 2. The first-order valence-electron chi connectivity index (χ1n) is 5.94. The van der Waals surface area contributed by atoms with E-state index in [1.807, 2.05) is 0 Å². The van der Waals surface area contributed by atoms with E-state index in [0.717, 1.165) is 0 Å². The van der Waals surface area contributed by atoms with Crippen LogP contribution in [0, 0.1) is 0 Å². The number of benzene rings is 1. The molecule has 0 aliphatic heterocycles. The second-order valence-corrected chi connectivity index (χ2v) is 6.30. The molecule has 0 spiro atoms. The van der Waals surface area contributed by atoms with E-state index in [9.17, 15) is 8.42 Å². The van der Waals surface area contributed by atoms with Crippen molar-refractivity contribution in [3.63, 3.8) is 0 Å². The zero-order valence-corrected chi connectivity index (χ0v) is 13.0. The predicted octanol–water partition coefficient (Wildman–Crippen LogP) is 0.738. The van der Waals surface area contributed by atoms with Gasteiger partial charge in [-0.05, 0) is 23.8 Å². The standard InChI is InChI=1S/C12H19ClN2O4S/c1-18-8-10(19-2)7-15-20(16,17)11-3-4-12(13)9(5-11)6-14/h3-5,10,15H,6-8,14H2,1-2H3. The van der Waals surface area contributed by atoms with Crippen LogP contribution < -0.4 is 10.5 Å². The highest BCUT2D eigenvalue weighted by atomic mass is 35.5. The maximum Gasteiger partial charge on any atom is 0.240 e. The molecule has 0 heterocycles. The van der Waals surface area contributed by atoms with E-state index in [1.54, 1.807) is 0 Å². The molecule has 1 rings (SSSR count). The molecule has 0 saturated heterocycles. The molecule has 1 atom stereocenters. The van der Waals surface area contributed by atoms with Crippen molar-refractivity contribution in [3.05, 3.63) is 28.8 Å². The third-order valence-corrected chi connectivity index (χ3v) is 4.52. The molecule has 1 aromatic rings. The molecule has 8 heteroatoms. The minimum Gasteiger partial charge on any atom is -0.382 e. The summed E-state index contributed by atoms with van der Waals surface area (Å²) in [6, 6.07) is 4.41. The zero-order valence-electron chi connectivity index (χ0n) is 11.4. The minimum atomic E-state index is -3.63. The van der Waals surface area contributed by atoms with E-state index in [2.05, 4.69) is 4.72 Å². The third-order valence-electron chi connectivity index (χ3n) is 2.73. The van der Waals surface area contributed by atoms with E-state index in [4.69, 9.17) is 26.8 Å². The average molecular weight is 323 g/mol. The number of ether oxygens (including phenoxy) is 2. The first kappa shape index (κ1) is 17.4. The summed E-state index contributed by atoms with van der Waals surface area (Å²) in [6.45, 7) is 0.591. The highest BCUT2D eigenvalue weighted by Crippen LogP contribution is 2.19. The van der Waals surface area contributed by atoms with E-state index in [0.29, 0.717) is 17.2 Å². The van der Waals surface area contributed by atoms with Crippen molar-refractivity contribution < 1.29 is 17.9 Å². The molecule has 1 unspecified atom stereocenters. The highest BCUT2D eigenvalue weighted by Gasteiger charge is 2.17. The van der Waals surface area contributed by atoms with E-state index in [1.165, 1.54) is 32.4 Å². The van der Waals surface area contributed by atoms with E-state index < -0.39 is 10.0 Å². The SMILES string of the molecule is COCC(CNS(=O)(=O)c1ccc(Cl)c(CN)c1)OC. The van der Waals surface area contributed by atoms with Crippen molar-refractivity contribution in [2.75, 3.05) is 27.4 Å². The van der Waals surface area contributed by atoms with Gasteiger partial charge in [-0.25, -0.2) is 13.1 Å².